The van der Waals surface area contributed by atoms with E-state index in [0.717, 1.165) is 11.1 Å². The Morgan fingerprint density at radius 3 is 2.56 bits per heavy atom. The predicted octanol–water partition coefficient (Wildman–Crippen LogP) is 5.19. The number of hydrogen-bond acceptors (Lipinski definition) is 4. The van der Waals surface area contributed by atoms with Gasteiger partial charge in [-0.05, 0) is 60.9 Å². The second-order valence-corrected chi connectivity index (χ2v) is 9.64. The molecule has 3 aromatic carbocycles. The molecule has 0 aliphatic carbocycles. The number of halogens is 2. The van der Waals surface area contributed by atoms with Crippen LogP contribution in [0.3, 0.4) is 0 Å². The zero-order chi connectivity index (χ0) is 25.9. The van der Waals surface area contributed by atoms with E-state index in [2.05, 4.69) is 0 Å². The summed E-state index contributed by atoms with van der Waals surface area (Å²) in [6, 6.07) is 16.9. The Balaban J connectivity index is 1.56. The number of carboxylic acids is 1. The summed E-state index contributed by atoms with van der Waals surface area (Å²) in [6.45, 7) is 1.65. The molecule has 1 N–H and O–H groups in total. The fourth-order valence-corrected chi connectivity index (χ4v) is 4.68. The van der Waals surface area contributed by atoms with Gasteiger partial charge >= 0.3 is 5.97 Å². The SMILES string of the molecule is COc1cc(C(=O)N(CCc2cccc(F)c2)CC(=O)O)cc2c1O[C@](C)(Cc1ccc(Cl)cc1)C2. The van der Waals surface area contributed by atoms with Crippen molar-refractivity contribution in [3.05, 3.63) is 93.8 Å². The van der Waals surface area contributed by atoms with Crippen molar-refractivity contribution in [3.63, 3.8) is 0 Å². The highest BCUT2D eigenvalue weighted by atomic mass is 35.5. The molecule has 188 valence electrons. The van der Waals surface area contributed by atoms with E-state index in [1.165, 1.54) is 24.1 Å². The highest BCUT2D eigenvalue weighted by Crippen LogP contribution is 2.44. The minimum Gasteiger partial charge on any atom is -0.493 e. The van der Waals surface area contributed by atoms with Gasteiger partial charge in [0.05, 0.1) is 7.11 Å². The molecular formula is C28H27ClFNO5. The summed E-state index contributed by atoms with van der Waals surface area (Å²) in [6.07, 6.45) is 1.50. The molecule has 1 amide bonds. The third-order valence-corrected chi connectivity index (χ3v) is 6.43. The van der Waals surface area contributed by atoms with Crippen LogP contribution in [0, 0.1) is 5.82 Å². The number of ether oxygens (including phenoxy) is 2. The molecule has 0 saturated carbocycles. The molecule has 1 aliphatic rings. The van der Waals surface area contributed by atoms with Crippen LogP contribution in [0.4, 0.5) is 4.39 Å². The zero-order valence-electron chi connectivity index (χ0n) is 20.1. The Morgan fingerprint density at radius 1 is 1.14 bits per heavy atom. The minimum atomic E-state index is -1.13. The number of methoxy groups -OCH3 is 1. The normalized spacial score (nSPS) is 16.2. The van der Waals surface area contributed by atoms with Gasteiger partial charge in [0, 0.05) is 35.5 Å². The van der Waals surface area contributed by atoms with Gasteiger partial charge in [0.25, 0.3) is 5.91 Å². The van der Waals surface area contributed by atoms with Crippen LogP contribution in [0.2, 0.25) is 5.02 Å². The molecule has 0 unspecified atom stereocenters. The summed E-state index contributed by atoms with van der Waals surface area (Å²) in [5.74, 6) is -0.962. The standard InChI is InChI=1S/C28H27ClFNO5/c1-28(15-19-6-8-22(29)9-7-19)16-21-13-20(14-24(35-2)26(21)36-28)27(34)31(17-25(32)33)11-10-18-4-3-5-23(30)12-18/h3-9,12-14H,10-11,15-17H2,1-2H3,(H,32,33)/t28-/m1/s1. The van der Waals surface area contributed by atoms with Gasteiger partial charge < -0.3 is 19.5 Å². The second kappa shape index (κ2) is 10.6. The van der Waals surface area contributed by atoms with Crippen molar-refractivity contribution in [2.45, 2.75) is 31.8 Å². The number of aliphatic carboxylic acids is 1. The number of carboxylic acid groups (broad SMARTS) is 1. The molecular weight excluding hydrogens is 485 g/mol. The molecule has 0 fully saturated rings. The van der Waals surface area contributed by atoms with Crippen molar-refractivity contribution < 1.29 is 28.6 Å². The lowest BCUT2D eigenvalue weighted by Gasteiger charge is -2.24. The third kappa shape index (κ3) is 5.97. The number of rotatable bonds is 9. The van der Waals surface area contributed by atoms with Gasteiger partial charge in [0.15, 0.2) is 11.5 Å². The number of carbonyl (C=O) groups excluding carboxylic acids is 1. The lowest BCUT2D eigenvalue weighted by atomic mass is 9.91. The first-order chi connectivity index (χ1) is 17.2. The predicted molar refractivity (Wildman–Crippen MR) is 135 cm³/mol. The van der Waals surface area contributed by atoms with Crippen LogP contribution in [-0.4, -0.2) is 47.7 Å². The van der Waals surface area contributed by atoms with E-state index in [1.54, 1.807) is 24.3 Å². The second-order valence-electron chi connectivity index (χ2n) is 9.20. The van der Waals surface area contributed by atoms with Crippen LogP contribution in [0.25, 0.3) is 0 Å². The summed E-state index contributed by atoms with van der Waals surface area (Å²) in [7, 11) is 1.50. The number of benzene rings is 3. The van der Waals surface area contributed by atoms with Gasteiger partial charge in [-0.1, -0.05) is 35.9 Å². The van der Waals surface area contributed by atoms with E-state index >= 15 is 0 Å². The van der Waals surface area contributed by atoms with Crippen molar-refractivity contribution in [2.75, 3.05) is 20.2 Å². The largest absolute Gasteiger partial charge is 0.493 e. The topological polar surface area (TPSA) is 76.1 Å². The summed E-state index contributed by atoms with van der Waals surface area (Å²) in [4.78, 5) is 26.1. The Morgan fingerprint density at radius 2 is 1.89 bits per heavy atom. The van der Waals surface area contributed by atoms with E-state index in [-0.39, 0.29) is 12.4 Å². The molecule has 8 heteroatoms. The molecule has 1 aliphatic heterocycles. The van der Waals surface area contributed by atoms with Crippen molar-refractivity contribution in [2.24, 2.45) is 0 Å². The van der Waals surface area contributed by atoms with E-state index in [0.29, 0.717) is 46.9 Å². The average Bonchev–Trinajstić information content (AvgIpc) is 3.17. The van der Waals surface area contributed by atoms with Gasteiger partial charge in [-0.15, -0.1) is 0 Å². The van der Waals surface area contributed by atoms with Crippen LogP contribution in [0.1, 0.15) is 34.0 Å². The van der Waals surface area contributed by atoms with Crippen LogP contribution in [-0.2, 0) is 24.1 Å². The molecule has 4 rings (SSSR count). The van der Waals surface area contributed by atoms with Gasteiger partial charge in [0.1, 0.15) is 18.0 Å². The molecule has 6 nitrogen and oxygen atoms in total. The molecule has 3 aromatic rings. The molecule has 36 heavy (non-hydrogen) atoms. The molecule has 1 heterocycles. The fourth-order valence-electron chi connectivity index (χ4n) is 4.55. The maximum absolute atomic E-state index is 13.5. The van der Waals surface area contributed by atoms with Crippen LogP contribution >= 0.6 is 11.6 Å². The number of fused-ring (bicyclic) bond motifs is 1. The Labute approximate surface area is 214 Å². The fraction of sp³-hybridized carbons (Fsp3) is 0.286. The first-order valence-corrected chi connectivity index (χ1v) is 11.9. The van der Waals surface area contributed by atoms with E-state index in [4.69, 9.17) is 21.1 Å². The van der Waals surface area contributed by atoms with Crippen LogP contribution in [0.5, 0.6) is 11.5 Å². The van der Waals surface area contributed by atoms with Crippen molar-refractivity contribution in [3.8, 4) is 11.5 Å². The van der Waals surface area contributed by atoms with Gasteiger partial charge in [-0.2, -0.15) is 0 Å². The molecule has 0 radical (unpaired) electrons. The minimum absolute atomic E-state index is 0.124. The molecule has 1 atom stereocenters. The third-order valence-electron chi connectivity index (χ3n) is 6.18. The maximum atomic E-state index is 13.5. The summed E-state index contributed by atoms with van der Waals surface area (Å²) in [5.41, 5.74) is 2.31. The monoisotopic (exact) mass is 511 g/mol. The average molecular weight is 512 g/mol. The van der Waals surface area contributed by atoms with E-state index in [9.17, 15) is 19.1 Å². The lowest BCUT2D eigenvalue weighted by molar-refractivity contribution is -0.137. The van der Waals surface area contributed by atoms with Crippen molar-refractivity contribution in [1.29, 1.82) is 0 Å². The highest BCUT2D eigenvalue weighted by molar-refractivity contribution is 6.30. The Bertz CT molecular complexity index is 1280. The first kappa shape index (κ1) is 25.5. The first-order valence-electron chi connectivity index (χ1n) is 11.6. The van der Waals surface area contributed by atoms with Crippen molar-refractivity contribution in [1.82, 2.24) is 4.90 Å². The maximum Gasteiger partial charge on any atom is 0.323 e. The summed E-state index contributed by atoms with van der Waals surface area (Å²) < 4.78 is 25.4. The van der Waals surface area contributed by atoms with Crippen molar-refractivity contribution >= 4 is 23.5 Å². The van der Waals surface area contributed by atoms with E-state index < -0.39 is 24.0 Å². The number of nitrogens with zero attached hydrogens (tertiary/aromatic N) is 1. The zero-order valence-corrected chi connectivity index (χ0v) is 20.8. The van der Waals surface area contributed by atoms with E-state index in [1.807, 2.05) is 31.2 Å². The Kier molecular flexibility index (Phi) is 7.50. The van der Waals surface area contributed by atoms with Gasteiger partial charge in [-0.3, -0.25) is 9.59 Å². The quantitative estimate of drug-likeness (QED) is 0.427. The molecule has 0 aromatic heterocycles. The highest BCUT2D eigenvalue weighted by Gasteiger charge is 2.38. The van der Waals surface area contributed by atoms with Crippen LogP contribution in [0.15, 0.2) is 60.7 Å². The Hall–Kier alpha value is -3.58. The van der Waals surface area contributed by atoms with Gasteiger partial charge in [0.2, 0.25) is 0 Å². The van der Waals surface area contributed by atoms with Gasteiger partial charge in [-0.25, -0.2) is 4.39 Å². The molecule has 0 bridgehead atoms. The smallest absolute Gasteiger partial charge is 0.323 e. The number of amides is 1. The van der Waals surface area contributed by atoms with Crippen LogP contribution < -0.4 is 9.47 Å². The molecule has 0 saturated heterocycles. The number of hydrogen-bond donors (Lipinski definition) is 1. The summed E-state index contributed by atoms with van der Waals surface area (Å²) >= 11 is 6.01. The molecule has 0 spiro atoms. The number of carbonyl (C=O) groups is 2. The lowest BCUT2D eigenvalue weighted by Crippen LogP contribution is -2.37. The summed E-state index contributed by atoms with van der Waals surface area (Å²) in [5, 5.41) is 10.1.